The van der Waals surface area contributed by atoms with Crippen LogP contribution in [0.1, 0.15) is 19.6 Å². The van der Waals surface area contributed by atoms with Gasteiger partial charge in [-0.2, -0.15) is 0 Å². The molecule has 1 N–H and O–H groups in total. The van der Waals surface area contributed by atoms with Crippen LogP contribution >= 0.6 is 0 Å². The molecule has 4 heterocycles. The van der Waals surface area contributed by atoms with E-state index in [1.165, 1.54) is 4.90 Å². The Morgan fingerprint density at radius 3 is 2.78 bits per heavy atom. The highest BCUT2D eigenvalue weighted by Crippen LogP contribution is 2.36. The summed E-state index contributed by atoms with van der Waals surface area (Å²) in [7, 11) is 1.65. The fourth-order valence-electron chi connectivity index (χ4n) is 3.27. The molecule has 0 aliphatic carbocycles. The zero-order valence-corrected chi connectivity index (χ0v) is 13.1. The van der Waals surface area contributed by atoms with Crippen molar-refractivity contribution in [1.29, 1.82) is 0 Å². The van der Waals surface area contributed by atoms with E-state index in [-0.39, 0.29) is 5.91 Å². The normalized spacial score (nSPS) is 26.6. The van der Waals surface area contributed by atoms with Gasteiger partial charge in [-0.15, -0.1) is 0 Å². The lowest BCUT2D eigenvalue weighted by Gasteiger charge is -2.35. The van der Waals surface area contributed by atoms with Crippen molar-refractivity contribution in [2.75, 3.05) is 7.05 Å². The first-order chi connectivity index (χ1) is 11.0. The first kappa shape index (κ1) is 13.9. The molecule has 2 atom stereocenters. The highest BCUT2D eigenvalue weighted by atomic mass is 16.3. The maximum absolute atomic E-state index is 12.3. The Labute approximate surface area is 133 Å². The van der Waals surface area contributed by atoms with Crippen molar-refractivity contribution in [1.82, 2.24) is 20.0 Å². The maximum Gasteiger partial charge on any atom is 0.325 e. The van der Waals surface area contributed by atoms with Gasteiger partial charge in [-0.1, -0.05) is 0 Å². The monoisotopic (exact) mass is 315 g/mol. The number of hydrogen-bond acceptors (Lipinski definition) is 6. The van der Waals surface area contributed by atoms with Gasteiger partial charge < -0.3 is 14.2 Å². The lowest BCUT2D eigenvalue weighted by Crippen LogP contribution is -2.63. The van der Waals surface area contributed by atoms with Crippen LogP contribution in [0.5, 0.6) is 0 Å². The number of carbonyl (C=O) groups is 2. The molecule has 120 valence electrons. The second kappa shape index (κ2) is 4.61. The zero-order chi connectivity index (χ0) is 16.3. The van der Waals surface area contributed by atoms with Gasteiger partial charge in [0.15, 0.2) is 12.2 Å². The average Bonchev–Trinajstić information content (AvgIpc) is 3.20. The van der Waals surface area contributed by atoms with Crippen molar-refractivity contribution in [3.8, 4) is 0 Å². The first-order valence-corrected chi connectivity index (χ1v) is 7.41. The number of allylic oxidation sites excluding steroid dienone is 2. The quantitative estimate of drug-likeness (QED) is 0.877. The summed E-state index contributed by atoms with van der Waals surface area (Å²) in [6.07, 6.45) is 1.12. The average molecular weight is 315 g/mol. The molecule has 1 saturated heterocycles. The zero-order valence-electron chi connectivity index (χ0n) is 13.1. The molecule has 8 nitrogen and oxygen atoms in total. The number of guanidine groups is 1. The summed E-state index contributed by atoms with van der Waals surface area (Å²) in [6, 6.07) is 2.79. The summed E-state index contributed by atoms with van der Waals surface area (Å²) < 4.78 is 5.42. The number of hydrogen-bond donors (Lipinski definition) is 1. The third-order valence-corrected chi connectivity index (χ3v) is 4.67. The van der Waals surface area contributed by atoms with E-state index in [2.05, 4.69) is 10.3 Å². The SMILES string of the molecule is CC1=C(C)N2C(=NC3C2C(=O)NC(=O)N3C)N1Cc1ccco1. The molecule has 3 aliphatic heterocycles. The van der Waals surface area contributed by atoms with Gasteiger partial charge in [0.2, 0.25) is 5.96 Å². The van der Waals surface area contributed by atoms with Gasteiger partial charge in [-0.25, -0.2) is 9.79 Å². The Hall–Kier alpha value is -2.77. The van der Waals surface area contributed by atoms with Crippen molar-refractivity contribution in [3.63, 3.8) is 0 Å². The van der Waals surface area contributed by atoms with Gasteiger partial charge in [-0.3, -0.25) is 15.0 Å². The molecule has 23 heavy (non-hydrogen) atoms. The number of carbonyl (C=O) groups excluding carboxylic acids is 2. The Bertz CT molecular complexity index is 751. The molecule has 2 unspecified atom stereocenters. The molecule has 4 rings (SSSR count). The molecule has 0 saturated carbocycles. The maximum atomic E-state index is 12.3. The number of imide groups is 1. The number of amides is 3. The molecule has 3 aliphatic rings. The number of likely N-dealkylation sites (N-methyl/N-ethyl adjacent to an activating group) is 1. The van der Waals surface area contributed by atoms with Crippen LogP contribution in [0, 0.1) is 0 Å². The number of nitrogens with one attached hydrogen (secondary N) is 1. The standard InChI is InChI=1S/C15H17N5O3/c1-8-9(2)20-11-12(18(3)15(22)17-13(11)21)16-14(20)19(8)7-10-5-4-6-23-10/h4-6,11-12H,7H2,1-3H3,(H,17,21,22). The molecule has 0 radical (unpaired) electrons. The fourth-order valence-corrected chi connectivity index (χ4v) is 3.27. The van der Waals surface area contributed by atoms with E-state index in [4.69, 9.17) is 4.42 Å². The minimum atomic E-state index is -0.524. The molecule has 0 bridgehead atoms. The van der Waals surface area contributed by atoms with Crippen molar-refractivity contribution < 1.29 is 14.0 Å². The van der Waals surface area contributed by atoms with E-state index in [0.29, 0.717) is 12.5 Å². The molecular formula is C15H17N5O3. The summed E-state index contributed by atoms with van der Waals surface area (Å²) in [5, 5.41) is 2.38. The Morgan fingerprint density at radius 2 is 2.09 bits per heavy atom. The molecule has 8 heteroatoms. The Balaban J connectivity index is 1.72. The summed E-state index contributed by atoms with van der Waals surface area (Å²) in [4.78, 5) is 34.2. The molecule has 1 aromatic heterocycles. The molecule has 0 aromatic carbocycles. The van der Waals surface area contributed by atoms with Crippen LogP contribution in [0.4, 0.5) is 4.79 Å². The predicted molar refractivity (Wildman–Crippen MR) is 80.8 cm³/mol. The number of aliphatic imine (C=N–C) groups is 1. The highest BCUT2D eigenvalue weighted by molar-refractivity contribution is 6.05. The Morgan fingerprint density at radius 1 is 1.30 bits per heavy atom. The number of urea groups is 1. The third-order valence-electron chi connectivity index (χ3n) is 4.67. The highest BCUT2D eigenvalue weighted by Gasteiger charge is 2.53. The van der Waals surface area contributed by atoms with E-state index < -0.39 is 18.2 Å². The van der Waals surface area contributed by atoms with E-state index in [1.807, 2.05) is 35.8 Å². The Kier molecular flexibility index (Phi) is 2.78. The van der Waals surface area contributed by atoms with Gasteiger partial charge in [0.1, 0.15) is 5.76 Å². The predicted octanol–water partition coefficient (Wildman–Crippen LogP) is 0.894. The van der Waals surface area contributed by atoms with Crippen LogP contribution in [-0.2, 0) is 11.3 Å². The van der Waals surface area contributed by atoms with E-state index >= 15 is 0 Å². The van der Waals surface area contributed by atoms with Gasteiger partial charge >= 0.3 is 6.03 Å². The van der Waals surface area contributed by atoms with Crippen molar-refractivity contribution in [2.24, 2.45) is 4.99 Å². The number of rotatable bonds is 2. The molecule has 1 aromatic rings. The van der Waals surface area contributed by atoms with Crippen molar-refractivity contribution in [2.45, 2.75) is 32.6 Å². The van der Waals surface area contributed by atoms with Crippen LogP contribution in [0.15, 0.2) is 39.2 Å². The van der Waals surface area contributed by atoms with Crippen LogP contribution in [0.3, 0.4) is 0 Å². The molecular weight excluding hydrogens is 298 g/mol. The van der Waals surface area contributed by atoms with Crippen molar-refractivity contribution in [3.05, 3.63) is 35.6 Å². The van der Waals surface area contributed by atoms with E-state index in [1.54, 1.807) is 13.3 Å². The lowest BCUT2D eigenvalue weighted by molar-refractivity contribution is -0.126. The molecule has 0 spiro atoms. The van der Waals surface area contributed by atoms with E-state index in [9.17, 15) is 9.59 Å². The van der Waals surface area contributed by atoms with E-state index in [0.717, 1.165) is 17.2 Å². The lowest BCUT2D eigenvalue weighted by atomic mass is 10.1. The number of fused-ring (bicyclic) bond motifs is 3. The molecule has 1 fully saturated rings. The van der Waals surface area contributed by atoms with Crippen LogP contribution < -0.4 is 5.32 Å². The van der Waals surface area contributed by atoms with Gasteiger partial charge in [0, 0.05) is 18.4 Å². The van der Waals surface area contributed by atoms with Crippen LogP contribution in [0.2, 0.25) is 0 Å². The summed E-state index contributed by atoms with van der Waals surface area (Å²) in [6.45, 7) is 4.48. The second-order valence-corrected chi connectivity index (χ2v) is 5.90. The van der Waals surface area contributed by atoms with Crippen LogP contribution in [0.25, 0.3) is 0 Å². The first-order valence-electron chi connectivity index (χ1n) is 7.41. The topological polar surface area (TPSA) is 81.4 Å². The summed E-state index contributed by atoms with van der Waals surface area (Å²) in [5.74, 6) is 1.18. The number of nitrogens with zero attached hydrogens (tertiary/aromatic N) is 4. The van der Waals surface area contributed by atoms with Crippen molar-refractivity contribution >= 4 is 17.9 Å². The second-order valence-electron chi connectivity index (χ2n) is 5.90. The van der Waals surface area contributed by atoms with Gasteiger partial charge in [0.25, 0.3) is 5.91 Å². The van der Waals surface area contributed by atoms with Crippen LogP contribution in [-0.4, -0.2) is 51.9 Å². The minimum Gasteiger partial charge on any atom is -0.467 e. The number of furan rings is 1. The largest absolute Gasteiger partial charge is 0.467 e. The van der Waals surface area contributed by atoms with Gasteiger partial charge in [0.05, 0.1) is 12.8 Å². The minimum absolute atomic E-state index is 0.316. The fraction of sp³-hybridized carbons (Fsp3) is 0.400. The molecule has 3 amide bonds. The van der Waals surface area contributed by atoms with Gasteiger partial charge in [-0.05, 0) is 26.0 Å². The summed E-state index contributed by atoms with van der Waals surface area (Å²) in [5.41, 5.74) is 1.98. The smallest absolute Gasteiger partial charge is 0.325 e. The summed E-state index contributed by atoms with van der Waals surface area (Å²) >= 11 is 0. The third kappa shape index (κ3) is 1.81.